The standard InChI is InChI=1S/C11H17NO2/c1-8-4-5-9(6-7-12)11(14-3)10(8)13-2/h4-5H,6-7,12H2,1-3H3. The summed E-state index contributed by atoms with van der Waals surface area (Å²) in [4.78, 5) is 0. The van der Waals surface area contributed by atoms with E-state index in [1.165, 1.54) is 0 Å². The molecule has 1 aromatic carbocycles. The van der Waals surface area contributed by atoms with Gasteiger partial charge in [0.25, 0.3) is 0 Å². The minimum Gasteiger partial charge on any atom is -0.493 e. The third-order valence-corrected chi connectivity index (χ3v) is 2.21. The number of hydrogen-bond acceptors (Lipinski definition) is 3. The molecule has 0 aliphatic rings. The summed E-state index contributed by atoms with van der Waals surface area (Å²) in [5.41, 5.74) is 7.69. The lowest BCUT2D eigenvalue weighted by atomic mass is 10.1. The molecule has 0 amide bonds. The Kier molecular flexibility index (Phi) is 3.77. The Morgan fingerprint density at radius 2 is 1.79 bits per heavy atom. The Morgan fingerprint density at radius 1 is 1.14 bits per heavy atom. The highest BCUT2D eigenvalue weighted by atomic mass is 16.5. The number of ether oxygens (including phenoxy) is 2. The third-order valence-electron chi connectivity index (χ3n) is 2.21. The third kappa shape index (κ3) is 1.99. The molecule has 0 radical (unpaired) electrons. The molecule has 0 aromatic heterocycles. The van der Waals surface area contributed by atoms with Crippen molar-refractivity contribution in [3.05, 3.63) is 23.3 Å². The molecule has 1 aromatic rings. The van der Waals surface area contributed by atoms with E-state index in [9.17, 15) is 0 Å². The number of hydrogen-bond donors (Lipinski definition) is 1. The zero-order valence-electron chi connectivity index (χ0n) is 8.96. The van der Waals surface area contributed by atoms with Gasteiger partial charge in [-0.05, 0) is 31.0 Å². The van der Waals surface area contributed by atoms with E-state index in [0.29, 0.717) is 6.54 Å². The van der Waals surface area contributed by atoms with Gasteiger partial charge in [-0.15, -0.1) is 0 Å². The first kappa shape index (κ1) is 10.9. The van der Waals surface area contributed by atoms with Crippen molar-refractivity contribution < 1.29 is 9.47 Å². The summed E-state index contributed by atoms with van der Waals surface area (Å²) in [6, 6.07) is 4.05. The molecule has 0 unspecified atom stereocenters. The fourth-order valence-electron chi connectivity index (χ4n) is 1.53. The molecular weight excluding hydrogens is 178 g/mol. The first-order valence-corrected chi connectivity index (χ1v) is 4.65. The summed E-state index contributed by atoms with van der Waals surface area (Å²) in [7, 11) is 3.30. The monoisotopic (exact) mass is 195 g/mol. The topological polar surface area (TPSA) is 44.5 Å². The van der Waals surface area contributed by atoms with Crippen LogP contribution in [0.15, 0.2) is 12.1 Å². The molecule has 0 fully saturated rings. The fourth-order valence-corrected chi connectivity index (χ4v) is 1.53. The van der Waals surface area contributed by atoms with Crippen molar-refractivity contribution >= 4 is 0 Å². The Balaban J connectivity index is 3.18. The number of methoxy groups -OCH3 is 2. The number of benzene rings is 1. The molecule has 0 bridgehead atoms. The molecule has 0 saturated heterocycles. The maximum atomic E-state index is 5.52. The molecule has 0 saturated carbocycles. The van der Waals surface area contributed by atoms with Gasteiger partial charge in [0.05, 0.1) is 14.2 Å². The highest BCUT2D eigenvalue weighted by Crippen LogP contribution is 2.34. The maximum Gasteiger partial charge on any atom is 0.164 e. The van der Waals surface area contributed by atoms with Gasteiger partial charge in [-0.2, -0.15) is 0 Å². The molecule has 1 rings (SSSR count). The summed E-state index contributed by atoms with van der Waals surface area (Å²) in [6.45, 7) is 2.61. The van der Waals surface area contributed by atoms with E-state index in [-0.39, 0.29) is 0 Å². The van der Waals surface area contributed by atoms with E-state index in [2.05, 4.69) is 0 Å². The molecule has 0 aliphatic carbocycles. The van der Waals surface area contributed by atoms with Crippen LogP contribution in [-0.2, 0) is 6.42 Å². The van der Waals surface area contributed by atoms with Crippen molar-refractivity contribution in [2.75, 3.05) is 20.8 Å². The van der Waals surface area contributed by atoms with Gasteiger partial charge in [0, 0.05) is 0 Å². The lowest BCUT2D eigenvalue weighted by Crippen LogP contribution is -2.05. The minimum atomic E-state index is 0.614. The van der Waals surface area contributed by atoms with Gasteiger partial charge in [-0.1, -0.05) is 12.1 Å². The normalized spacial score (nSPS) is 10.0. The van der Waals surface area contributed by atoms with Crippen LogP contribution in [0.4, 0.5) is 0 Å². The van der Waals surface area contributed by atoms with E-state index in [1.807, 2.05) is 19.1 Å². The first-order valence-electron chi connectivity index (χ1n) is 4.65. The Labute approximate surface area is 84.8 Å². The molecule has 78 valence electrons. The minimum absolute atomic E-state index is 0.614. The Morgan fingerprint density at radius 3 is 2.29 bits per heavy atom. The second-order valence-electron chi connectivity index (χ2n) is 3.15. The molecule has 0 aliphatic heterocycles. The predicted octanol–water partition coefficient (Wildman–Crippen LogP) is 1.51. The van der Waals surface area contributed by atoms with Crippen molar-refractivity contribution in [1.82, 2.24) is 0 Å². The number of nitrogens with two attached hydrogens (primary N) is 1. The second-order valence-corrected chi connectivity index (χ2v) is 3.15. The summed E-state index contributed by atoms with van der Waals surface area (Å²) >= 11 is 0. The van der Waals surface area contributed by atoms with E-state index in [0.717, 1.165) is 29.0 Å². The highest BCUT2D eigenvalue weighted by molar-refractivity contribution is 5.51. The van der Waals surface area contributed by atoms with Crippen LogP contribution in [0.3, 0.4) is 0 Å². The molecule has 2 N–H and O–H groups in total. The molecule has 0 heterocycles. The summed E-state index contributed by atoms with van der Waals surface area (Å²) < 4.78 is 10.6. The molecule has 3 nitrogen and oxygen atoms in total. The smallest absolute Gasteiger partial charge is 0.164 e. The quantitative estimate of drug-likeness (QED) is 0.792. The maximum absolute atomic E-state index is 5.52. The molecule has 3 heteroatoms. The molecule has 0 atom stereocenters. The van der Waals surface area contributed by atoms with Crippen LogP contribution in [0, 0.1) is 6.92 Å². The zero-order chi connectivity index (χ0) is 10.6. The van der Waals surface area contributed by atoms with E-state index < -0.39 is 0 Å². The highest BCUT2D eigenvalue weighted by Gasteiger charge is 2.11. The molecule has 14 heavy (non-hydrogen) atoms. The summed E-state index contributed by atoms with van der Waals surface area (Å²) in [5.74, 6) is 1.61. The largest absolute Gasteiger partial charge is 0.493 e. The summed E-state index contributed by atoms with van der Waals surface area (Å²) in [5, 5.41) is 0. The first-order chi connectivity index (χ1) is 6.74. The van der Waals surface area contributed by atoms with Gasteiger partial charge in [0.1, 0.15) is 0 Å². The van der Waals surface area contributed by atoms with Crippen LogP contribution in [0.2, 0.25) is 0 Å². The van der Waals surface area contributed by atoms with Gasteiger partial charge in [0.2, 0.25) is 0 Å². The van der Waals surface area contributed by atoms with Crippen LogP contribution in [0.1, 0.15) is 11.1 Å². The van der Waals surface area contributed by atoms with Crippen LogP contribution in [0.25, 0.3) is 0 Å². The second kappa shape index (κ2) is 4.86. The van der Waals surface area contributed by atoms with Crippen molar-refractivity contribution in [2.24, 2.45) is 5.73 Å². The van der Waals surface area contributed by atoms with Crippen LogP contribution in [0.5, 0.6) is 11.5 Å². The van der Waals surface area contributed by atoms with Crippen LogP contribution < -0.4 is 15.2 Å². The van der Waals surface area contributed by atoms with Crippen molar-refractivity contribution in [2.45, 2.75) is 13.3 Å². The number of aryl methyl sites for hydroxylation is 1. The van der Waals surface area contributed by atoms with E-state index >= 15 is 0 Å². The van der Waals surface area contributed by atoms with Crippen LogP contribution in [-0.4, -0.2) is 20.8 Å². The van der Waals surface area contributed by atoms with Crippen molar-refractivity contribution in [1.29, 1.82) is 0 Å². The van der Waals surface area contributed by atoms with Crippen molar-refractivity contribution in [3.63, 3.8) is 0 Å². The Bertz CT molecular complexity index is 310. The van der Waals surface area contributed by atoms with Gasteiger partial charge < -0.3 is 15.2 Å². The Hall–Kier alpha value is -1.22. The summed E-state index contributed by atoms with van der Waals surface area (Å²) in [6.07, 6.45) is 0.805. The zero-order valence-corrected chi connectivity index (χ0v) is 8.96. The van der Waals surface area contributed by atoms with Gasteiger partial charge in [-0.3, -0.25) is 0 Å². The SMILES string of the molecule is COc1c(C)ccc(CCN)c1OC. The average Bonchev–Trinajstić information content (AvgIpc) is 2.20. The van der Waals surface area contributed by atoms with Gasteiger partial charge in [-0.25, -0.2) is 0 Å². The van der Waals surface area contributed by atoms with E-state index in [4.69, 9.17) is 15.2 Å². The number of rotatable bonds is 4. The van der Waals surface area contributed by atoms with Gasteiger partial charge >= 0.3 is 0 Å². The lowest BCUT2D eigenvalue weighted by molar-refractivity contribution is 0.349. The molecule has 0 spiro atoms. The van der Waals surface area contributed by atoms with Crippen LogP contribution >= 0.6 is 0 Å². The van der Waals surface area contributed by atoms with Gasteiger partial charge in [0.15, 0.2) is 11.5 Å². The van der Waals surface area contributed by atoms with E-state index in [1.54, 1.807) is 14.2 Å². The average molecular weight is 195 g/mol. The van der Waals surface area contributed by atoms with Crippen molar-refractivity contribution in [3.8, 4) is 11.5 Å². The fraction of sp³-hybridized carbons (Fsp3) is 0.455. The predicted molar refractivity (Wildman–Crippen MR) is 57.0 cm³/mol. The molecular formula is C11H17NO2. The lowest BCUT2D eigenvalue weighted by Gasteiger charge is -2.14.